The predicted octanol–water partition coefficient (Wildman–Crippen LogP) is 1.26. The fraction of sp³-hybridized carbons (Fsp3) is 0.462. The minimum Gasteiger partial charge on any atom is -0.469 e. The van der Waals surface area contributed by atoms with Gasteiger partial charge in [0, 0.05) is 19.3 Å². The van der Waals surface area contributed by atoms with E-state index in [9.17, 15) is 9.59 Å². The third kappa shape index (κ3) is 3.94. The minimum atomic E-state index is -0.445. The van der Waals surface area contributed by atoms with Crippen LogP contribution in [0.5, 0.6) is 0 Å². The summed E-state index contributed by atoms with van der Waals surface area (Å²) < 4.78 is 9.32. The fourth-order valence-corrected chi connectivity index (χ4v) is 1.66. The summed E-state index contributed by atoms with van der Waals surface area (Å²) in [5.74, 6) is -0.227. The molecule has 0 aliphatic carbocycles. The van der Waals surface area contributed by atoms with Crippen molar-refractivity contribution in [1.82, 2.24) is 4.98 Å². The van der Waals surface area contributed by atoms with E-state index in [0.29, 0.717) is 24.5 Å². The quantitative estimate of drug-likeness (QED) is 0.722. The van der Waals surface area contributed by atoms with Gasteiger partial charge in [-0.3, -0.25) is 4.79 Å². The number of aromatic nitrogens is 1. The number of rotatable bonds is 6. The van der Waals surface area contributed by atoms with Crippen LogP contribution in [-0.4, -0.2) is 44.2 Å². The summed E-state index contributed by atoms with van der Waals surface area (Å²) in [5, 5.41) is 0. The third-order valence-electron chi connectivity index (χ3n) is 2.69. The van der Waals surface area contributed by atoms with Crippen LogP contribution in [0.25, 0.3) is 0 Å². The van der Waals surface area contributed by atoms with Crippen molar-refractivity contribution in [2.45, 2.75) is 13.3 Å². The number of hydrogen-bond acceptors (Lipinski definition) is 6. The second-order valence-corrected chi connectivity index (χ2v) is 3.77. The molecule has 0 bridgehead atoms. The first-order valence-electron chi connectivity index (χ1n) is 5.99. The lowest BCUT2D eigenvalue weighted by Crippen LogP contribution is -2.28. The number of anilines is 1. The molecule has 0 amide bonds. The summed E-state index contributed by atoms with van der Waals surface area (Å²) in [7, 11) is 2.67. The summed E-state index contributed by atoms with van der Waals surface area (Å²) in [5.41, 5.74) is 0.386. The lowest BCUT2D eigenvalue weighted by atomic mass is 10.2. The van der Waals surface area contributed by atoms with Crippen LogP contribution < -0.4 is 4.90 Å². The van der Waals surface area contributed by atoms with E-state index >= 15 is 0 Å². The summed E-state index contributed by atoms with van der Waals surface area (Å²) in [6.07, 6.45) is 1.84. The summed E-state index contributed by atoms with van der Waals surface area (Å²) in [6, 6.07) is 3.32. The van der Waals surface area contributed by atoms with E-state index in [-0.39, 0.29) is 12.4 Å². The monoisotopic (exact) mass is 266 g/mol. The largest absolute Gasteiger partial charge is 0.469 e. The highest BCUT2D eigenvalue weighted by molar-refractivity contribution is 5.94. The van der Waals surface area contributed by atoms with Gasteiger partial charge in [0.2, 0.25) is 0 Å². The van der Waals surface area contributed by atoms with Gasteiger partial charge < -0.3 is 14.4 Å². The molecule has 0 spiro atoms. The summed E-state index contributed by atoms with van der Waals surface area (Å²) in [4.78, 5) is 28.9. The van der Waals surface area contributed by atoms with Gasteiger partial charge in [-0.2, -0.15) is 0 Å². The van der Waals surface area contributed by atoms with Crippen LogP contribution in [0.4, 0.5) is 5.82 Å². The number of methoxy groups -OCH3 is 2. The Morgan fingerprint density at radius 3 is 2.63 bits per heavy atom. The Hall–Kier alpha value is -2.11. The molecule has 1 aromatic heterocycles. The molecule has 6 nitrogen and oxygen atoms in total. The van der Waals surface area contributed by atoms with Crippen LogP contribution in [0.1, 0.15) is 23.7 Å². The Labute approximate surface area is 112 Å². The molecule has 1 rings (SSSR count). The van der Waals surface area contributed by atoms with E-state index in [0.717, 1.165) is 0 Å². The van der Waals surface area contributed by atoms with Crippen LogP contribution in [0, 0.1) is 0 Å². The molecule has 0 radical (unpaired) electrons. The van der Waals surface area contributed by atoms with Crippen molar-refractivity contribution in [3.63, 3.8) is 0 Å². The lowest BCUT2D eigenvalue weighted by molar-refractivity contribution is -0.140. The third-order valence-corrected chi connectivity index (χ3v) is 2.69. The van der Waals surface area contributed by atoms with Gasteiger partial charge in [0.05, 0.1) is 20.6 Å². The molecule has 6 heteroatoms. The van der Waals surface area contributed by atoms with Crippen LogP contribution in [0.15, 0.2) is 18.3 Å². The lowest BCUT2D eigenvalue weighted by Gasteiger charge is -2.23. The first-order valence-corrected chi connectivity index (χ1v) is 5.99. The van der Waals surface area contributed by atoms with Crippen molar-refractivity contribution in [3.05, 3.63) is 23.9 Å². The van der Waals surface area contributed by atoms with Gasteiger partial charge in [-0.15, -0.1) is 0 Å². The molecule has 0 saturated carbocycles. The van der Waals surface area contributed by atoms with Crippen molar-refractivity contribution in [2.75, 3.05) is 32.2 Å². The molecule has 1 heterocycles. The maximum Gasteiger partial charge on any atom is 0.341 e. The molecule has 0 aliphatic heterocycles. The number of hydrogen-bond donors (Lipinski definition) is 0. The van der Waals surface area contributed by atoms with Crippen LogP contribution in [0.2, 0.25) is 0 Å². The van der Waals surface area contributed by atoms with Gasteiger partial charge >= 0.3 is 11.9 Å². The van der Waals surface area contributed by atoms with Crippen LogP contribution in [0.3, 0.4) is 0 Å². The average molecular weight is 266 g/mol. The molecule has 0 unspecified atom stereocenters. The fourth-order valence-electron chi connectivity index (χ4n) is 1.66. The van der Waals surface area contributed by atoms with Crippen LogP contribution in [-0.2, 0) is 14.3 Å². The Kier molecular flexibility index (Phi) is 5.78. The highest BCUT2D eigenvalue weighted by atomic mass is 16.5. The second-order valence-electron chi connectivity index (χ2n) is 3.77. The number of carbonyl (C=O) groups excluding carboxylic acids is 2. The number of ether oxygens (including phenoxy) is 2. The predicted molar refractivity (Wildman–Crippen MR) is 70.1 cm³/mol. The van der Waals surface area contributed by atoms with Crippen molar-refractivity contribution in [2.24, 2.45) is 0 Å². The molecule has 1 aromatic rings. The van der Waals surface area contributed by atoms with Crippen molar-refractivity contribution < 1.29 is 19.1 Å². The van der Waals surface area contributed by atoms with E-state index in [4.69, 9.17) is 4.74 Å². The molecule has 104 valence electrons. The van der Waals surface area contributed by atoms with E-state index in [2.05, 4.69) is 9.72 Å². The topological polar surface area (TPSA) is 68.7 Å². The van der Waals surface area contributed by atoms with Crippen molar-refractivity contribution >= 4 is 17.8 Å². The Balaban J connectivity index is 2.91. The molecule has 0 saturated heterocycles. The number of nitrogens with zero attached hydrogens (tertiary/aromatic N) is 2. The van der Waals surface area contributed by atoms with Gasteiger partial charge in [-0.05, 0) is 19.1 Å². The SMILES string of the molecule is CCN(CCC(=O)OC)c1ncccc1C(=O)OC. The van der Waals surface area contributed by atoms with Crippen molar-refractivity contribution in [1.29, 1.82) is 0 Å². The zero-order valence-electron chi connectivity index (χ0n) is 11.4. The molecule has 0 fully saturated rings. The van der Waals surface area contributed by atoms with Gasteiger partial charge in [-0.25, -0.2) is 9.78 Å². The van der Waals surface area contributed by atoms with Crippen LogP contribution >= 0.6 is 0 Å². The normalized spacial score (nSPS) is 9.84. The molecule has 0 atom stereocenters. The van der Waals surface area contributed by atoms with E-state index < -0.39 is 5.97 Å². The summed E-state index contributed by atoms with van der Waals surface area (Å²) >= 11 is 0. The zero-order valence-corrected chi connectivity index (χ0v) is 11.4. The molecular formula is C13H18N2O4. The number of pyridine rings is 1. The van der Waals surface area contributed by atoms with Gasteiger partial charge in [0.25, 0.3) is 0 Å². The molecular weight excluding hydrogens is 248 g/mol. The number of esters is 2. The Bertz CT molecular complexity index is 448. The maximum atomic E-state index is 11.7. The van der Waals surface area contributed by atoms with Gasteiger partial charge in [0.1, 0.15) is 11.4 Å². The highest BCUT2D eigenvalue weighted by Crippen LogP contribution is 2.18. The van der Waals surface area contributed by atoms with E-state index in [1.807, 2.05) is 11.8 Å². The first kappa shape index (κ1) is 14.9. The molecule has 0 N–H and O–H groups in total. The van der Waals surface area contributed by atoms with Gasteiger partial charge in [-0.1, -0.05) is 0 Å². The summed E-state index contributed by atoms with van der Waals surface area (Å²) in [6.45, 7) is 2.98. The zero-order chi connectivity index (χ0) is 14.3. The van der Waals surface area contributed by atoms with E-state index in [1.54, 1.807) is 18.3 Å². The second kappa shape index (κ2) is 7.35. The molecule has 19 heavy (non-hydrogen) atoms. The average Bonchev–Trinajstić information content (AvgIpc) is 2.47. The smallest absolute Gasteiger partial charge is 0.341 e. The standard InChI is InChI=1S/C13H18N2O4/c1-4-15(9-7-11(16)18-2)12-10(13(17)19-3)6-5-8-14-12/h5-6,8H,4,7,9H2,1-3H3. The number of carbonyl (C=O) groups is 2. The Morgan fingerprint density at radius 1 is 1.32 bits per heavy atom. The van der Waals surface area contributed by atoms with E-state index in [1.165, 1.54) is 14.2 Å². The highest BCUT2D eigenvalue weighted by Gasteiger charge is 2.17. The molecule has 0 aromatic carbocycles. The van der Waals surface area contributed by atoms with Gasteiger partial charge in [0.15, 0.2) is 0 Å². The van der Waals surface area contributed by atoms with Crippen molar-refractivity contribution in [3.8, 4) is 0 Å². The molecule has 0 aliphatic rings. The first-order chi connectivity index (χ1) is 9.13. The minimum absolute atomic E-state index is 0.238. The Morgan fingerprint density at radius 2 is 2.05 bits per heavy atom. The maximum absolute atomic E-state index is 11.7.